The minimum Gasteiger partial charge on any atom is -0.478 e. The summed E-state index contributed by atoms with van der Waals surface area (Å²) < 4.78 is 28.0. The summed E-state index contributed by atoms with van der Waals surface area (Å²) in [7, 11) is 0. The number of morpholine rings is 2. The number of nitrogens with zero attached hydrogens (tertiary/aromatic N) is 2. The molecular formula is C27H40FN3O5. The number of carboxylic acids is 1. The van der Waals surface area contributed by atoms with Crippen LogP contribution >= 0.6 is 0 Å². The van der Waals surface area contributed by atoms with Crippen molar-refractivity contribution in [2.45, 2.75) is 87.9 Å². The summed E-state index contributed by atoms with van der Waals surface area (Å²) in [5.41, 5.74) is -0.189. The molecule has 3 heterocycles. The average molecular weight is 506 g/mol. The van der Waals surface area contributed by atoms with E-state index in [-0.39, 0.29) is 30.2 Å². The summed E-state index contributed by atoms with van der Waals surface area (Å²) in [5.74, 6) is -1.25. The van der Waals surface area contributed by atoms with Gasteiger partial charge in [0.05, 0.1) is 43.5 Å². The second-order valence-corrected chi connectivity index (χ2v) is 11.7. The van der Waals surface area contributed by atoms with E-state index in [1.165, 1.54) is 19.3 Å². The highest BCUT2D eigenvalue weighted by molar-refractivity contribution is 6.18. The molecule has 0 spiro atoms. The number of nitrogens with one attached hydrogen (secondary N) is 1. The van der Waals surface area contributed by atoms with Crippen molar-refractivity contribution in [3.05, 3.63) is 11.8 Å². The molecular weight excluding hydrogens is 465 g/mol. The van der Waals surface area contributed by atoms with Gasteiger partial charge in [-0.15, -0.1) is 0 Å². The van der Waals surface area contributed by atoms with Crippen LogP contribution in [0.15, 0.2) is 11.8 Å². The van der Waals surface area contributed by atoms with Gasteiger partial charge in [-0.2, -0.15) is 0 Å². The third-order valence-electron chi connectivity index (χ3n) is 9.86. The number of carboxylic acid groups (broad SMARTS) is 1. The maximum Gasteiger partial charge on any atom is 0.340 e. The first-order valence-corrected chi connectivity index (χ1v) is 14.1. The van der Waals surface area contributed by atoms with Gasteiger partial charge in [-0.05, 0) is 57.0 Å². The molecule has 3 aliphatic heterocycles. The number of aliphatic carboxylic acids is 1. The summed E-state index contributed by atoms with van der Waals surface area (Å²) >= 11 is 0. The van der Waals surface area contributed by atoms with Crippen LogP contribution in [0.25, 0.3) is 0 Å². The molecule has 0 bridgehead atoms. The van der Waals surface area contributed by atoms with E-state index in [9.17, 15) is 14.7 Å². The van der Waals surface area contributed by atoms with Crippen LogP contribution in [0, 0.1) is 17.8 Å². The van der Waals surface area contributed by atoms with Crippen molar-refractivity contribution < 1.29 is 28.6 Å². The summed E-state index contributed by atoms with van der Waals surface area (Å²) in [4.78, 5) is 29.7. The maximum absolute atomic E-state index is 15.7. The molecule has 9 atom stereocenters. The molecule has 8 nitrogen and oxygen atoms in total. The van der Waals surface area contributed by atoms with Crippen molar-refractivity contribution in [1.29, 1.82) is 0 Å². The molecule has 0 amide bonds. The van der Waals surface area contributed by atoms with E-state index < -0.39 is 36.0 Å². The van der Waals surface area contributed by atoms with Gasteiger partial charge in [-0.25, -0.2) is 9.18 Å². The molecule has 200 valence electrons. The summed E-state index contributed by atoms with van der Waals surface area (Å²) in [5, 5.41) is 13.3. The Labute approximate surface area is 212 Å². The molecule has 3 aliphatic carbocycles. The lowest BCUT2D eigenvalue weighted by Crippen LogP contribution is -2.74. The maximum atomic E-state index is 15.7. The smallest absolute Gasteiger partial charge is 0.340 e. The quantitative estimate of drug-likeness (QED) is 0.418. The molecule has 2 N–H and O–H groups in total. The monoisotopic (exact) mass is 505 g/mol. The minimum absolute atomic E-state index is 0.0339. The van der Waals surface area contributed by atoms with Gasteiger partial charge in [-0.1, -0.05) is 19.3 Å². The highest BCUT2D eigenvalue weighted by atomic mass is 19.1. The number of rotatable bonds is 6. The fraction of sp³-hybridized carbons (Fsp3) is 0.852. The predicted octanol–water partition coefficient (Wildman–Crippen LogP) is 1.98. The molecule has 3 saturated carbocycles. The van der Waals surface area contributed by atoms with Crippen LogP contribution in [0.1, 0.15) is 51.4 Å². The van der Waals surface area contributed by atoms with Crippen LogP contribution in [0.2, 0.25) is 0 Å². The van der Waals surface area contributed by atoms with E-state index in [2.05, 4.69) is 15.1 Å². The number of halogens is 1. The Bertz CT molecular complexity index is 879. The van der Waals surface area contributed by atoms with Gasteiger partial charge in [0.2, 0.25) is 0 Å². The van der Waals surface area contributed by atoms with Crippen LogP contribution in [0.5, 0.6) is 0 Å². The van der Waals surface area contributed by atoms with Crippen molar-refractivity contribution in [2.24, 2.45) is 17.8 Å². The molecule has 6 aliphatic rings. The highest BCUT2D eigenvalue weighted by Crippen LogP contribution is 2.50. The number of ketones is 1. The van der Waals surface area contributed by atoms with Gasteiger partial charge in [0.15, 0.2) is 5.78 Å². The van der Waals surface area contributed by atoms with Gasteiger partial charge in [0.25, 0.3) is 0 Å². The Morgan fingerprint density at radius 3 is 2.75 bits per heavy atom. The van der Waals surface area contributed by atoms with Crippen LogP contribution in [0.3, 0.4) is 0 Å². The Kier molecular flexibility index (Phi) is 7.09. The van der Waals surface area contributed by atoms with Gasteiger partial charge < -0.3 is 24.8 Å². The van der Waals surface area contributed by atoms with E-state index >= 15 is 4.39 Å². The molecule has 6 rings (SSSR count). The first-order chi connectivity index (χ1) is 17.5. The van der Waals surface area contributed by atoms with Gasteiger partial charge >= 0.3 is 5.97 Å². The molecule has 0 aromatic heterocycles. The van der Waals surface area contributed by atoms with Crippen molar-refractivity contribution in [3.63, 3.8) is 0 Å². The van der Waals surface area contributed by atoms with Crippen LogP contribution in [-0.4, -0.2) is 103 Å². The third kappa shape index (κ3) is 4.40. The SMILES string of the molecule is O=C(O)C1=CN2C3CCC4CCCCC4C3OC3C(NCCCN4CCOCC4)C(F)CC(C1=O)C32. The highest BCUT2D eigenvalue weighted by Gasteiger charge is 2.60. The first kappa shape index (κ1) is 24.8. The number of fused-ring (bicyclic) bond motifs is 4. The van der Waals surface area contributed by atoms with E-state index in [0.29, 0.717) is 18.4 Å². The number of Topliss-reactive ketones (excluding diaryl/α,β-unsaturated/α-hetero) is 1. The molecule has 5 fully saturated rings. The van der Waals surface area contributed by atoms with Crippen molar-refractivity contribution in [1.82, 2.24) is 15.1 Å². The number of carbonyl (C=O) groups is 2. The van der Waals surface area contributed by atoms with Gasteiger partial charge in [0.1, 0.15) is 11.7 Å². The zero-order valence-corrected chi connectivity index (χ0v) is 21.0. The Morgan fingerprint density at radius 1 is 1.14 bits per heavy atom. The lowest BCUT2D eigenvalue weighted by Gasteiger charge is -2.61. The summed E-state index contributed by atoms with van der Waals surface area (Å²) in [6.07, 6.45) is 7.65. The van der Waals surface area contributed by atoms with E-state index in [4.69, 9.17) is 9.47 Å². The number of hydrogen-bond donors (Lipinski definition) is 2. The second kappa shape index (κ2) is 10.3. The second-order valence-electron chi connectivity index (χ2n) is 11.7. The van der Waals surface area contributed by atoms with E-state index in [0.717, 1.165) is 58.5 Å². The predicted molar refractivity (Wildman–Crippen MR) is 130 cm³/mol. The lowest BCUT2D eigenvalue weighted by atomic mass is 9.64. The number of alkyl halides is 1. The molecule has 0 aromatic carbocycles. The molecule has 2 saturated heterocycles. The Morgan fingerprint density at radius 2 is 1.94 bits per heavy atom. The van der Waals surface area contributed by atoms with E-state index in [1.807, 2.05) is 0 Å². The van der Waals surface area contributed by atoms with Crippen LogP contribution < -0.4 is 5.32 Å². The molecule has 36 heavy (non-hydrogen) atoms. The first-order valence-electron chi connectivity index (χ1n) is 14.1. The van der Waals surface area contributed by atoms with Gasteiger partial charge in [-0.3, -0.25) is 9.69 Å². The Balaban J connectivity index is 1.24. The molecule has 9 unspecified atom stereocenters. The fourth-order valence-corrected chi connectivity index (χ4v) is 8.15. The van der Waals surface area contributed by atoms with Crippen molar-refractivity contribution >= 4 is 11.8 Å². The molecule has 0 aromatic rings. The standard InChI is InChI=1S/C27H40FN3O5/c28-20-14-18-23-26(22(20)29-8-3-9-30-10-12-35-13-11-30)36-25-17-5-2-1-4-16(17)6-7-21(25)31(23)15-19(24(18)32)27(33)34/h15-18,20-23,25-26,29H,1-14H2,(H,33,34). The lowest BCUT2D eigenvalue weighted by molar-refractivity contribution is -0.220. The average Bonchev–Trinajstić information content (AvgIpc) is 2.89. The van der Waals surface area contributed by atoms with E-state index in [1.54, 1.807) is 6.20 Å². The topological polar surface area (TPSA) is 91.3 Å². The van der Waals surface area contributed by atoms with Crippen LogP contribution in [-0.2, 0) is 19.1 Å². The van der Waals surface area contributed by atoms with Crippen molar-refractivity contribution in [2.75, 3.05) is 39.4 Å². The molecule has 9 heteroatoms. The fourth-order valence-electron chi connectivity index (χ4n) is 8.15. The normalized spacial score (nSPS) is 42.7. The van der Waals surface area contributed by atoms with Crippen molar-refractivity contribution in [3.8, 4) is 0 Å². The zero-order chi connectivity index (χ0) is 24.8. The van der Waals surface area contributed by atoms with Crippen LogP contribution in [0.4, 0.5) is 4.39 Å². The number of ether oxygens (including phenoxy) is 2. The minimum atomic E-state index is -1.25. The third-order valence-corrected chi connectivity index (χ3v) is 9.86. The summed E-state index contributed by atoms with van der Waals surface area (Å²) in [6, 6.07) is -0.727. The summed E-state index contributed by atoms with van der Waals surface area (Å²) in [6.45, 7) is 5.03. The largest absolute Gasteiger partial charge is 0.478 e. The Hall–Kier alpha value is -1.55. The zero-order valence-electron chi connectivity index (χ0n) is 21.0. The number of hydrogen-bond acceptors (Lipinski definition) is 7. The van der Waals surface area contributed by atoms with Gasteiger partial charge in [0, 0.05) is 25.2 Å². The molecule has 0 radical (unpaired) electrons. The number of carbonyl (C=O) groups excluding carboxylic acids is 1.